The van der Waals surface area contributed by atoms with Gasteiger partial charge < -0.3 is 0 Å². The molecule has 5 aliphatic rings. The monoisotopic (exact) mass is 446 g/mol. The highest BCUT2D eigenvalue weighted by Crippen LogP contribution is 2.64. The predicted molar refractivity (Wildman–Crippen MR) is 140 cm³/mol. The molecule has 0 nitrogen and oxygen atoms in total. The number of hydrogen-bond donors (Lipinski definition) is 0. The largest absolute Gasteiger partial charge is 0.0625 e. The molecule has 5 fully saturated rings. The van der Waals surface area contributed by atoms with E-state index >= 15 is 0 Å². The van der Waals surface area contributed by atoms with Crippen LogP contribution in [-0.2, 0) is 6.42 Å². The Balaban J connectivity index is 1.03. The van der Waals surface area contributed by atoms with Crippen molar-refractivity contribution in [1.29, 1.82) is 0 Å². The fourth-order valence-corrected chi connectivity index (χ4v) is 10.2. The summed E-state index contributed by atoms with van der Waals surface area (Å²) in [6.07, 6.45) is 22.5. The standard InChI is InChI=1S/C33H50/c1-22-17-23(2)31(18-22)26-13-15-29-30(16-14-26)33-21-28(20-32(29)33)27-12-6-11-25(19-27)10-5-9-24-7-3-4-8-24/h6,11-12,19,22-24,26,28-33H,3-5,7-10,13-18,20-21H2,1-2H3/t22?,23-,26?,28?,29+,30?,31?,32?,33-/m1/s1. The Kier molecular flexibility index (Phi) is 6.66. The maximum atomic E-state index is 2.62. The minimum absolute atomic E-state index is 0.869. The summed E-state index contributed by atoms with van der Waals surface area (Å²) in [6, 6.07) is 9.90. The first-order valence-electron chi connectivity index (χ1n) is 15.2. The molecule has 0 aliphatic heterocycles. The van der Waals surface area contributed by atoms with Crippen LogP contribution in [0.2, 0.25) is 0 Å². The summed E-state index contributed by atoms with van der Waals surface area (Å²) in [4.78, 5) is 0. The molecule has 0 N–H and O–H groups in total. The smallest absolute Gasteiger partial charge is 0.0156 e. The molecule has 0 saturated heterocycles. The van der Waals surface area contributed by atoms with Crippen LogP contribution in [0, 0.1) is 53.3 Å². The van der Waals surface area contributed by atoms with Crippen molar-refractivity contribution in [2.24, 2.45) is 53.3 Å². The topological polar surface area (TPSA) is 0 Å². The van der Waals surface area contributed by atoms with Gasteiger partial charge >= 0.3 is 0 Å². The van der Waals surface area contributed by atoms with E-state index in [9.17, 15) is 0 Å². The van der Waals surface area contributed by atoms with Crippen LogP contribution in [0.4, 0.5) is 0 Å². The zero-order chi connectivity index (χ0) is 22.4. The fraction of sp³-hybridized carbons (Fsp3) is 0.818. The van der Waals surface area contributed by atoms with Crippen molar-refractivity contribution in [1.82, 2.24) is 0 Å². The molecule has 0 radical (unpaired) electrons. The molecule has 6 unspecified atom stereocenters. The second kappa shape index (κ2) is 9.70. The van der Waals surface area contributed by atoms with Gasteiger partial charge in [0.1, 0.15) is 0 Å². The lowest BCUT2D eigenvalue weighted by molar-refractivity contribution is -0.00282. The minimum Gasteiger partial charge on any atom is -0.0625 e. The Hall–Kier alpha value is -0.780. The van der Waals surface area contributed by atoms with E-state index in [2.05, 4.69) is 38.1 Å². The molecule has 0 aromatic heterocycles. The van der Waals surface area contributed by atoms with E-state index in [0.29, 0.717) is 0 Å². The summed E-state index contributed by atoms with van der Waals surface area (Å²) in [5.41, 5.74) is 3.32. The number of rotatable bonds is 6. The van der Waals surface area contributed by atoms with Crippen LogP contribution in [0.5, 0.6) is 0 Å². The maximum absolute atomic E-state index is 2.62. The fourth-order valence-electron chi connectivity index (χ4n) is 10.2. The molecule has 0 spiro atoms. The lowest BCUT2D eigenvalue weighted by Gasteiger charge is -2.49. The SMILES string of the molecule is CC1CC(C2CCC3[C@H](CC2)C2CC(c4cccc(CCCC5CCCC5)c4)C[C@H]32)[C@H](C)C1. The minimum atomic E-state index is 0.869. The molecule has 5 saturated carbocycles. The first-order chi connectivity index (χ1) is 16.2. The molecule has 5 aliphatic carbocycles. The van der Waals surface area contributed by atoms with Gasteiger partial charge in [0.15, 0.2) is 0 Å². The summed E-state index contributed by atoms with van der Waals surface area (Å²) in [6.45, 7) is 5.07. The van der Waals surface area contributed by atoms with E-state index in [1.165, 1.54) is 70.6 Å². The second-order valence-corrected chi connectivity index (χ2v) is 13.7. The highest BCUT2D eigenvalue weighted by Gasteiger charge is 2.55. The average Bonchev–Trinajstić information content (AvgIpc) is 3.50. The van der Waals surface area contributed by atoms with Crippen LogP contribution in [-0.4, -0.2) is 0 Å². The van der Waals surface area contributed by atoms with Gasteiger partial charge in [0, 0.05) is 0 Å². The normalized spacial score (nSPS) is 43.2. The van der Waals surface area contributed by atoms with E-state index in [1.807, 2.05) is 0 Å². The van der Waals surface area contributed by atoms with Crippen molar-refractivity contribution in [3.05, 3.63) is 35.4 Å². The van der Waals surface area contributed by atoms with Gasteiger partial charge in [-0.25, -0.2) is 0 Å². The molecule has 9 atom stereocenters. The first-order valence-corrected chi connectivity index (χ1v) is 15.2. The van der Waals surface area contributed by atoms with Crippen LogP contribution in [0.3, 0.4) is 0 Å². The van der Waals surface area contributed by atoms with Crippen LogP contribution < -0.4 is 0 Å². The van der Waals surface area contributed by atoms with Gasteiger partial charge in [0.25, 0.3) is 0 Å². The van der Waals surface area contributed by atoms with Crippen molar-refractivity contribution < 1.29 is 0 Å². The van der Waals surface area contributed by atoms with E-state index in [1.54, 1.807) is 36.8 Å². The third-order valence-electron chi connectivity index (χ3n) is 11.8. The molecule has 6 rings (SSSR count). The third-order valence-corrected chi connectivity index (χ3v) is 11.8. The molecule has 33 heavy (non-hydrogen) atoms. The van der Waals surface area contributed by atoms with Crippen LogP contribution >= 0.6 is 0 Å². The second-order valence-electron chi connectivity index (χ2n) is 13.7. The van der Waals surface area contributed by atoms with Gasteiger partial charge in [-0.3, -0.25) is 0 Å². The van der Waals surface area contributed by atoms with Crippen molar-refractivity contribution >= 4 is 0 Å². The molecule has 1 aromatic carbocycles. The van der Waals surface area contributed by atoms with Crippen LogP contribution in [0.25, 0.3) is 0 Å². The van der Waals surface area contributed by atoms with E-state index < -0.39 is 0 Å². The Morgan fingerprint density at radius 3 is 2.12 bits per heavy atom. The molecular formula is C33H50. The Bertz CT molecular complexity index is 765. The molecule has 0 amide bonds. The maximum Gasteiger partial charge on any atom is -0.0156 e. The van der Waals surface area contributed by atoms with Crippen molar-refractivity contribution in [3.63, 3.8) is 0 Å². The van der Waals surface area contributed by atoms with Gasteiger partial charge in [-0.2, -0.15) is 0 Å². The zero-order valence-corrected chi connectivity index (χ0v) is 21.7. The van der Waals surface area contributed by atoms with E-state index in [0.717, 1.165) is 59.2 Å². The highest BCUT2D eigenvalue weighted by molar-refractivity contribution is 5.28. The van der Waals surface area contributed by atoms with Crippen molar-refractivity contribution in [2.45, 2.75) is 116 Å². The predicted octanol–water partition coefficient (Wildman–Crippen LogP) is 9.43. The lowest BCUT2D eigenvalue weighted by Crippen LogP contribution is -2.42. The molecule has 182 valence electrons. The van der Waals surface area contributed by atoms with Gasteiger partial charge in [-0.05, 0) is 135 Å². The number of fused-ring (bicyclic) bond motifs is 4. The van der Waals surface area contributed by atoms with Crippen molar-refractivity contribution in [2.75, 3.05) is 0 Å². The molecule has 0 bridgehead atoms. The quantitative estimate of drug-likeness (QED) is 0.408. The lowest BCUT2D eigenvalue weighted by atomic mass is 9.56. The molecule has 1 aromatic rings. The summed E-state index contributed by atoms with van der Waals surface area (Å²) in [5.74, 6) is 10.4. The van der Waals surface area contributed by atoms with Crippen molar-refractivity contribution in [3.8, 4) is 0 Å². The molecular weight excluding hydrogens is 396 g/mol. The summed E-state index contributed by atoms with van der Waals surface area (Å²) in [7, 11) is 0. The van der Waals surface area contributed by atoms with Gasteiger partial charge in [-0.1, -0.05) is 70.2 Å². The van der Waals surface area contributed by atoms with Gasteiger partial charge in [-0.15, -0.1) is 0 Å². The summed E-state index contributed by atoms with van der Waals surface area (Å²) < 4.78 is 0. The number of benzene rings is 1. The summed E-state index contributed by atoms with van der Waals surface area (Å²) >= 11 is 0. The molecule has 0 heterocycles. The Labute approximate surface area is 204 Å². The third kappa shape index (κ3) is 4.59. The van der Waals surface area contributed by atoms with Crippen LogP contribution in [0.15, 0.2) is 24.3 Å². The molecule has 0 heteroatoms. The zero-order valence-electron chi connectivity index (χ0n) is 21.7. The number of aryl methyl sites for hydroxylation is 1. The highest BCUT2D eigenvalue weighted by atomic mass is 14.6. The van der Waals surface area contributed by atoms with E-state index in [4.69, 9.17) is 0 Å². The number of hydrogen-bond acceptors (Lipinski definition) is 0. The average molecular weight is 447 g/mol. The van der Waals surface area contributed by atoms with Crippen LogP contribution in [0.1, 0.15) is 121 Å². The summed E-state index contributed by atoms with van der Waals surface area (Å²) in [5, 5.41) is 0. The Morgan fingerprint density at radius 2 is 1.45 bits per heavy atom. The van der Waals surface area contributed by atoms with Gasteiger partial charge in [0.05, 0.1) is 0 Å². The Morgan fingerprint density at radius 1 is 0.727 bits per heavy atom. The van der Waals surface area contributed by atoms with E-state index in [-0.39, 0.29) is 0 Å². The van der Waals surface area contributed by atoms with Gasteiger partial charge in [0.2, 0.25) is 0 Å². The first kappa shape index (κ1) is 22.7.